The highest BCUT2D eigenvalue weighted by molar-refractivity contribution is 5.95. The summed E-state index contributed by atoms with van der Waals surface area (Å²) in [6.07, 6.45) is 7.24. The van der Waals surface area contributed by atoms with Gasteiger partial charge in [0.15, 0.2) is 5.78 Å². The Morgan fingerprint density at radius 3 is 2.59 bits per heavy atom. The number of nitro groups is 1. The van der Waals surface area contributed by atoms with Gasteiger partial charge in [-0.3, -0.25) is 14.9 Å². The minimum Gasteiger partial charge on any atom is -0.363 e. The predicted molar refractivity (Wildman–Crippen MR) is 85.4 cm³/mol. The number of nitro benzene ring substituents is 1. The summed E-state index contributed by atoms with van der Waals surface area (Å²) in [5, 5.41) is 11.4. The molecule has 0 spiro atoms. The minimum atomic E-state index is -0.355. The van der Waals surface area contributed by atoms with Crippen molar-refractivity contribution in [3.05, 3.63) is 33.9 Å². The zero-order valence-electron chi connectivity index (χ0n) is 13.0. The molecular formula is C17H22N2O3. The minimum absolute atomic E-state index is 0.0672. The van der Waals surface area contributed by atoms with Crippen molar-refractivity contribution in [3.8, 4) is 0 Å². The molecule has 1 atom stereocenters. The van der Waals surface area contributed by atoms with Gasteiger partial charge in [0.1, 0.15) is 5.69 Å². The van der Waals surface area contributed by atoms with Crippen LogP contribution in [-0.2, 0) is 0 Å². The maximum absolute atomic E-state index is 11.5. The molecule has 1 aromatic rings. The van der Waals surface area contributed by atoms with Crippen molar-refractivity contribution in [2.45, 2.75) is 51.5 Å². The highest BCUT2D eigenvalue weighted by Crippen LogP contribution is 2.40. The fourth-order valence-electron chi connectivity index (χ4n) is 4.06. The molecule has 5 heteroatoms. The lowest BCUT2D eigenvalue weighted by Gasteiger charge is -2.31. The number of carbonyl (C=O) groups excluding carboxylic acids is 1. The highest BCUT2D eigenvalue weighted by Gasteiger charge is 2.36. The Morgan fingerprint density at radius 1 is 1.23 bits per heavy atom. The van der Waals surface area contributed by atoms with Gasteiger partial charge >= 0.3 is 0 Å². The van der Waals surface area contributed by atoms with E-state index in [0.717, 1.165) is 19.4 Å². The summed E-state index contributed by atoms with van der Waals surface area (Å²) in [7, 11) is 0. The van der Waals surface area contributed by atoms with Crippen molar-refractivity contribution in [3.63, 3.8) is 0 Å². The van der Waals surface area contributed by atoms with E-state index in [1.165, 1.54) is 38.7 Å². The van der Waals surface area contributed by atoms with E-state index in [9.17, 15) is 14.9 Å². The van der Waals surface area contributed by atoms with Crippen LogP contribution in [0.3, 0.4) is 0 Å². The van der Waals surface area contributed by atoms with Gasteiger partial charge in [0.25, 0.3) is 5.69 Å². The molecule has 0 aromatic heterocycles. The largest absolute Gasteiger partial charge is 0.363 e. The summed E-state index contributed by atoms with van der Waals surface area (Å²) < 4.78 is 0. The number of hydrogen-bond acceptors (Lipinski definition) is 4. The van der Waals surface area contributed by atoms with Gasteiger partial charge in [0, 0.05) is 24.2 Å². The quantitative estimate of drug-likeness (QED) is 0.480. The Bertz CT molecular complexity index is 594. The Hall–Kier alpha value is -1.91. The lowest BCUT2D eigenvalue weighted by molar-refractivity contribution is -0.384. The molecule has 0 amide bonds. The van der Waals surface area contributed by atoms with Crippen LogP contribution in [0.2, 0.25) is 0 Å². The molecule has 2 fully saturated rings. The molecule has 22 heavy (non-hydrogen) atoms. The molecular weight excluding hydrogens is 280 g/mol. The molecule has 0 unspecified atom stereocenters. The van der Waals surface area contributed by atoms with Crippen molar-refractivity contribution in [1.29, 1.82) is 0 Å². The van der Waals surface area contributed by atoms with Crippen molar-refractivity contribution in [2.24, 2.45) is 5.92 Å². The zero-order valence-corrected chi connectivity index (χ0v) is 13.0. The number of benzene rings is 1. The summed E-state index contributed by atoms with van der Waals surface area (Å²) in [5.41, 5.74) is 1.16. The Morgan fingerprint density at radius 2 is 1.95 bits per heavy atom. The highest BCUT2D eigenvalue weighted by atomic mass is 16.6. The van der Waals surface area contributed by atoms with Gasteiger partial charge in [-0.25, -0.2) is 0 Å². The van der Waals surface area contributed by atoms with E-state index in [4.69, 9.17) is 0 Å². The third-order valence-electron chi connectivity index (χ3n) is 5.13. The number of anilines is 1. The molecule has 5 nitrogen and oxygen atoms in total. The van der Waals surface area contributed by atoms with Crippen LogP contribution in [0.15, 0.2) is 18.2 Å². The zero-order chi connectivity index (χ0) is 15.7. The van der Waals surface area contributed by atoms with E-state index in [1.54, 1.807) is 12.1 Å². The van der Waals surface area contributed by atoms with Gasteiger partial charge in [0.05, 0.1) is 4.92 Å². The fraction of sp³-hybridized carbons (Fsp3) is 0.588. The van der Waals surface area contributed by atoms with Crippen LogP contribution in [-0.4, -0.2) is 23.3 Å². The first kappa shape index (κ1) is 15.0. The molecule has 1 aromatic carbocycles. The number of carbonyl (C=O) groups is 1. The van der Waals surface area contributed by atoms with Crippen LogP contribution in [0.5, 0.6) is 0 Å². The fourth-order valence-corrected chi connectivity index (χ4v) is 4.06. The first-order valence-electron chi connectivity index (χ1n) is 8.14. The third kappa shape index (κ3) is 2.72. The number of Topliss-reactive ketones (excluding diaryl/α,β-unsaturated/α-hetero) is 1. The number of nitrogens with zero attached hydrogens (tertiary/aromatic N) is 2. The Balaban J connectivity index is 1.95. The van der Waals surface area contributed by atoms with Crippen molar-refractivity contribution < 1.29 is 9.72 Å². The standard InChI is InChI=1S/C17H22N2O3/c1-12(20)14-8-9-16(17(11-14)19(21)22)18-10-4-7-15(18)13-5-2-3-6-13/h8-9,11,13,15H,2-7,10H2,1H3/t15-/m0/s1. The molecule has 0 bridgehead atoms. The SMILES string of the molecule is CC(=O)c1ccc(N2CCC[C@H]2C2CCCC2)c([N+](=O)[O-])c1. The van der Waals surface area contributed by atoms with Crippen LogP contribution in [0, 0.1) is 16.0 Å². The summed E-state index contributed by atoms with van der Waals surface area (Å²) in [6.45, 7) is 2.32. The first-order valence-corrected chi connectivity index (χ1v) is 8.14. The average Bonchev–Trinajstić information content (AvgIpc) is 3.17. The predicted octanol–water partition coefficient (Wildman–Crippen LogP) is 3.96. The molecule has 0 N–H and O–H groups in total. The summed E-state index contributed by atoms with van der Waals surface area (Å²) in [5.74, 6) is 0.526. The second-order valence-corrected chi connectivity index (χ2v) is 6.46. The average molecular weight is 302 g/mol. The molecule has 1 heterocycles. The van der Waals surface area contributed by atoms with E-state index in [0.29, 0.717) is 23.2 Å². The molecule has 2 aliphatic rings. The van der Waals surface area contributed by atoms with Gasteiger partial charge in [-0.1, -0.05) is 12.8 Å². The number of rotatable bonds is 4. The molecule has 0 radical (unpaired) electrons. The van der Waals surface area contributed by atoms with Crippen molar-refractivity contribution in [1.82, 2.24) is 0 Å². The van der Waals surface area contributed by atoms with Crippen LogP contribution < -0.4 is 4.90 Å². The van der Waals surface area contributed by atoms with Crippen LogP contribution in [0.1, 0.15) is 55.8 Å². The van der Waals surface area contributed by atoms with Gasteiger partial charge in [-0.15, -0.1) is 0 Å². The second kappa shape index (κ2) is 6.07. The Kier molecular flexibility index (Phi) is 4.14. The number of ketones is 1. The van der Waals surface area contributed by atoms with Gasteiger partial charge in [-0.05, 0) is 50.7 Å². The second-order valence-electron chi connectivity index (χ2n) is 6.46. The Labute approximate surface area is 130 Å². The summed E-state index contributed by atoms with van der Waals surface area (Å²) in [4.78, 5) is 24.8. The third-order valence-corrected chi connectivity index (χ3v) is 5.13. The maximum atomic E-state index is 11.5. The van der Waals surface area contributed by atoms with E-state index in [1.807, 2.05) is 0 Å². The molecule has 3 rings (SSSR count). The molecule has 1 saturated heterocycles. The topological polar surface area (TPSA) is 63.5 Å². The lowest BCUT2D eigenvalue weighted by Crippen LogP contribution is -2.35. The van der Waals surface area contributed by atoms with Crippen LogP contribution in [0.4, 0.5) is 11.4 Å². The van der Waals surface area contributed by atoms with Crippen LogP contribution in [0.25, 0.3) is 0 Å². The summed E-state index contributed by atoms with van der Waals surface area (Å²) >= 11 is 0. The maximum Gasteiger partial charge on any atom is 0.293 e. The molecule has 1 aliphatic heterocycles. The van der Waals surface area contributed by atoms with E-state index >= 15 is 0 Å². The van der Waals surface area contributed by atoms with E-state index in [-0.39, 0.29) is 16.4 Å². The smallest absolute Gasteiger partial charge is 0.293 e. The van der Waals surface area contributed by atoms with Crippen molar-refractivity contribution >= 4 is 17.2 Å². The van der Waals surface area contributed by atoms with E-state index in [2.05, 4.69) is 4.90 Å². The number of hydrogen-bond donors (Lipinski definition) is 0. The normalized spacial score (nSPS) is 22.2. The van der Waals surface area contributed by atoms with E-state index < -0.39 is 0 Å². The molecule has 1 aliphatic carbocycles. The van der Waals surface area contributed by atoms with Gasteiger partial charge in [-0.2, -0.15) is 0 Å². The first-order chi connectivity index (χ1) is 10.6. The summed E-state index contributed by atoms with van der Waals surface area (Å²) in [6, 6.07) is 5.34. The van der Waals surface area contributed by atoms with Crippen molar-refractivity contribution in [2.75, 3.05) is 11.4 Å². The van der Waals surface area contributed by atoms with Crippen LogP contribution >= 0.6 is 0 Å². The molecule has 118 valence electrons. The van der Waals surface area contributed by atoms with Gasteiger partial charge in [0.2, 0.25) is 0 Å². The lowest BCUT2D eigenvalue weighted by atomic mass is 9.95. The molecule has 1 saturated carbocycles. The van der Waals surface area contributed by atoms with Gasteiger partial charge < -0.3 is 4.90 Å². The monoisotopic (exact) mass is 302 g/mol.